The third kappa shape index (κ3) is 3.67. The van der Waals surface area contributed by atoms with Crippen LogP contribution in [0.15, 0.2) is 140 Å². The van der Waals surface area contributed by atoms with E-state index >= 15 is 0 Å². The maximum atomic E-state index is 5.50. The van der Waals surface area contributed by atoms with E-state index in [9.17, 15) is 0 Å². The van der Waals surface area contributed by atoms with E-state index in [4.69, 9.17) is 9.97 Å². The minimum atomic E-state index is 0.693. The van der Waals surface area contributed by atoms with Crippen molar-refractivity contribution >= 4 is 106 Å². The van der Waals surface area contributed by atoms with Gasteiger partial charge in [-0.15, -0.1) is 22.7 Å². The van der Waals surface area contributed by atoms with E-state index < -0.39 is 0 Å². The lowest BCUT2D eigenvalue weighted by Gasteiger charge is -2.11. The smallest absolute Gasteiger partial charge is 0.235 e. The van der Waals surface area contributed by atoms with Crippen molar-refractivity contribution in [2.75, 3.05) is 0 Å². The summed E-state index contributed by atoms with van der Waals surface area (Å²) < 4.78 is 7.20. The Morgan fingerprint density at radius 3 is 1.66 bits per heavy atom. The molecule has 0 radical (unpaired) electrons. The highest BCUT2D eigenvalue weighted by molar-refractivity contribution is 7.26. The minimum absolute atomic E-state index is 0.693. The molecule has 0 bridgehead atoms. The summed E-state index contributed by atoms with van der Waals surface area (Å²) in [6, 6.07) is 50.6. The Labute approximate surface area is 276 Å². The number of thiophene rings is 2. The molecule has 4 aromatic heterocycles. The van der Waals surface area contributed by atoms with Crippen LogP contribution in [0, 0.1) is 0 Å². The Morgan fingerprint density at radius 2 is 0.979 bits per heavy atom. The van der Waals surface area contributed by atoms with Crippen molar-refractivity contribution in [2.45, 2.75) is 0 Å². The van der Waals surface area contributed by atoms with Gasteiger partial charge in [-0.2, -0.15) is 0 Å². The van der Waals surface area contributed by atoms with Gasteiger partial charge in [-0.1, -0.05) is 97.1 Å². The van der Waals surface area contributed by atoms with Crippen molar-refractivity contribution in [1.82, 2.24) is 14.5 Å². The zero-order valence-corrected chi connectivity index (χ0v) is 26.6. The fourth-order valence-electron chi connectivity index (χ4n) is 7.35. The maximum absolute atomic E-state index is 5.50. The molecule has 0 unspecified atom stereocenters. The Morgan fingerprint density at radius 1 is 0.426 bits per heavy atom. The van der Waals surface area contributed by atoms with Crippen LogP contribution in [0.1, 0.15) is 0 Å². The summed E-state index contributed by atoms with van der Waals surface area (Å²) in [7, 11) is 0. The third-order valence-corrected chi connectivity index (χ3v) is 11.9. The summed E-state index contributed by atoms with van der Waals surface area (Å²) >= 11 is 3.62. The largest absolute Gasteiger partial charge is 0.278 e. The number of hydrogen-bond acceptors (Lipinski definition) is 4. The van der Waals surface area contributed by atoms with Crippen molar-refractivity contribution in [2.24, 2.45) is 0 Å². The van der Waals surface area contributed by atoms with Crippen LogP contribution < -0.4 is 0 Å². The zero-order chi connectivity index (χ0) is 30.6. The van der Waals surface area contributed by atoms with E-state index in [0.717, 1.165) is 37.9 Å². The van der Waals surface area contributed by atoms with Crippen LogP contribution in [0.4, 0.5) is 0 Å². The van der Waals surface area contributed by atoms with Crippen molar-refractivity contribution in [3.63, 3.8) is 0 Å². The highest BCUT2D eigenvalue weighted by atomic mass is 32.1. The first kappa shape index (κ1) is 25.6. The molecule has 4 heterocycles. The van der Waals surface area contributed by atoms with Crippen molar-refractivity contribution in [1.29, 1.82) is 0 Å². The van der Waals surface area contributed by atoms with E-state index in [-0.39, 0.29) is 0 Å². The van der Waals surface area contributed by atoms with Gasteiger partial charge in [-0.3, -0.25) is 4.57 Å². The van der Waals surface area contributed by atoms with Gasteiger partial charge in [0.25, 0.3) is 0 Å². The van der Waals surface area contributed by atoms with Crippen LogP contribution in [0.2, 0.25) is 0 Å². The third-order valence-electron chi connectivity index (χ3n) is 9.56. The fraction of sp³-hybridized carbons (Fsp3) is 0. The van der Waals surface area contributed by atoms with Gasteiger partial charge in [0.2, 0.25) is 5.95 Å². The summed E-state index contributed by atoms with van der Waals surface area (Å²) in [6.45, 7) is 0. The average molecular weight is 634 g/mol. The van der Waals surface area contributed by atoms with Gasteiger partial charge in [0.15, 0.2) is 0 Å². The molecule has 0 amide bonds. The summed E-state index contributed by atoms with van der Waals surface area (Å²) in [6.07, 6.45) is 0. The molecule has 0 saturated heterocycles. The Hall–Kier alpha value is -5.62. The summed E-state index contributed by atoms with van der Waals surface area (Å²) in [4.78, 5) is 10.9. The molecule has 7 aromatic carbocycles. The Kier molecular flexibility index (Phi) is 5.14. The molecule has 0 saturated carbocycles. The van der Waals surface area contributed by atoms with Gasteiger partial charge >= 0.3 is 0 Å². The lowest BCUT2D eigenvalue weighted by molar-refractivity contribution is 1.02. The number of aromatic nitrogens is 3. The first-order valence-electron chi connectivity index (χ1n) is 15.7. The van der Waals surface area contributed by atoms with Crippen LogP contribution in [0.5, 0.6) is 0 Å². The average Bonchev–Trinajstić information content (AvgIpc) is 3.78. The van der Waals surface area contributed by atoms with E-state index in [2.05, 4.69) is 144 Å². The first-order chi connectivity index (χ1) is 23.3. The number of nitrogens with zero attached hydrogens (tertiary/aromatic N) is 3. The van der Waals surface area contributed by atoms with Gasteiger partial charge in [-0.25, -0.2) is 9.97 Å². The van der Waals surface area contributed by atoms with Gasteiger partial charge < -0.3 is 0 Å². The second-order valence-corrected chi connectivity index (χ2v) is 14.4. The molecule has 0 aliphatic heterocycles. The topological polar surface area (TPSA) is 30.7 Å². The van der Waals surface area contributed by atoms with Crippen LogP contribution in [-0.4, -0.2) is 14.5 Å². The molecule has 0 N–H and O–H groups in total. The number of benzene rings is 7. The maximum Gasteiger partial charge on any atom is 0.235 e. The highest BCUT2D eigenvalue weighted by Gasteiger charge is 2.21. The Bertz CT molecular complexity index is 3000. The second-order valence-electron chi connectivity index (χ2n) is 12.2. The van der Waals surface area contributed by atoms with Gasteiger partial charge in [0.1, 0.15) is 0 Å². The highest BCUT2D eigenvalue weighted by Crippen LogP contribution is 2.43. The van der Waals surface area contributed by atoms with Crippen LogP contribution >= 0.6 is 22.7 Å². The molecule has 47 heavy (non-hydrogen) atoms. The molecule has 0 aliphatic carbocycles. The molecule has 11 rings (SSSR count). The van der Waals surface area contributed by atoms with E-state index in [1.807, 2.05) is 11.3 Å². The number of fused-ring (bicyclic) bond motifs is 11. The predicted octanol–water partition coefficient (Wildman–Crippen LogP) is 12.3. The Balaban J connectivity index is 1.28. The minimum Gasteiger partial charge on any atom is -0.278 e. The number of hydrogen-bond donors (Lipinski definition) is 0. The van der Waals surface area contributed by atoms with Crippen LogP contribution in [-0.2, 0) is 0 Å². The molecule has 11 aromatic rings. The molecule has 0 atom stereocenters. The standard InChI is InChI=1S/C42H23N3S2/c1-3-11-26-21-34-32(19-24(26)9-1)33-20-25-10-2-4-12-27(25)22-35(33)45(34)42-43-39(41-40(44-42)31-14-6-8-16-37(31)47-41)28-17-18-30-29-13-5-7-15-36(29)46-38(30)23-28/h1-23H. The van der Waals surface area contributed by atoms with Crippen LogP contribution in [0.25, 0.3) is 101 Å². The van der Waals surface area contributed by atoms with Crippen molar-refractivity contribution < 1.29 is 0 Å². The van der Waals surface area contributed by atoms with Crippen molar-refractivity contribution in [3.05, 3.63) is 140 Å². The quantitative estimate of drug-likeness (QED) is 0.190. The number of rotatable bonds is 2. The molecule has 0 aliphatic rings. The van der Waals surface area contributed by atoms with Gasteiger partial charge in [0, 0.05) is 46.6 Å². The monoisotopic (exact) mass is 633 g/mol. The van der Waals surface area contributed by atoms with Gasteiger partial charge in [0.05, 0.1) is 26.9 Å². The second kappa shape index (κ2) is 9.46. The summed E-state index contributed by atoms with van der Waals surface area (Å²) in [5.74, 6) is 0.693. The van der Waals surface area contributed by atoms with Gasteiger partial charge in [-0.05, 0) is 64.0 Å². The molecule has 0 spiro atoms. The summed E-state index contributed by atoms with van der Waals surface area (Å²) in [5, 5.41) is 11.0. The zero-order valence-electron chi connectivity index (χ0n) is 24.9. The van der Waals surface area contributed by atoms with E-state index in [1.165, 1.54) is 57.2 Å². The molecule has 218 valence electrons. The van der Waals surface area contributed by atoms with E-state index in [0.29, 0.717) is 5.95 Å². The van der Waals surface area contributed by atoms with Crippen LogP contribution in [0.3, 0.4) is 0 Å². The summed E-state index contributed by atoms with van der Waals surface area (Å²) in [5.41, 5.74) is 5.30. The first-order valence-corrected chi connectivity index (χ1v) is 17.4. The normalized spacial score (nSPS) is 12.3. The fourth-order valence-corrected chi connectivity index (χ4v) is 9.65. The van der Waals surface area contributed by atoms with Crippen molar-refractivity contribution in [3.8, 4) is 17.2 Å². The molecular formula is C42H23N3S2. The lowest BCUT2D eigenvalue weighted by atomic mass is 10.0. The predicted molar refractivity (Wildman–Crippen MR) is 203 cm³/mol. The molecular weight excluding hydrogens is 611 g/mol. The SMILES string of the molecule is c1ccc2cc3c(cc2c1)c1cc2ccccc2cc1n3-c1nc(-c2ccc3c(c2)sc2ccccc23)c2sc3ccccc3c2n1. The molecule has 3 nitrogen and oxygen atoms in total. The lowest BCUT2D eigenvalue weighted by Crippen LogP contribution is -2.02. The van der Waals surface area contributed by atoms with E-state index in [1.54, 1.807) is 11.3 Å². The molecule has 5 heteroatoms. The molecule has 0 fully saturated rings.